The summed E-state index contributed by atoms with van der Waals surface area (Å²) in [6, 6.07) is 0. The Bertz CT molecular complexity index is 1690. The van der Waals surface area contributed by atoms with Crippen molar-refractivity contribution in [3.8, 4) is 0 Å². The molecule has 0 rings (SSSR count). The van der Waals surface area contributed by atoms with E-state index in [2.05, 4.69) is 130 Å². The fourth-order valence-corrected chi connectivity index (χ4v) is 8.40. The van der Waals surface area contributed by atoms with Gasteiger partial charge in [-0.1, -0.05) is 201 Å². The van der Waals surface area contributed by atoms with Crippen molar-refractivity contribution < 1.29 is 52.2 Å². The highest BCUT2D eigenvalue weighted by atomic mass is 31.2. The Morgan fingerprint density at radius 3 is 1.07 bits per heavy atom. The lowest BCUT2D eigenvalue weighted by Gasteiger charge is -2.21. The van der Waals surface area contributed by atoms with E-state index >= 15 is 0 Å². The summed E-state index contributed by atoms with van der Waals surface area (Å²) in [6.45, 7) is 4.41. The molecule has 0 aromatic rings. The molecule has 0 aliphatic heterocycles. The second kappa shape index (κ2) is 57.3. The van der Waals surface area contributed by atoms with Crippen LogP contribution in [0.4, 0.5) is 0 Å². The number of ether oxygens (including phenoxy) is 3. The molecule has 0 aliphatic rings. The number of phosphoric acid groups is 1. The van der Waals surface area contributed by atoms with Crippen LogP contribution < -0.4 is 0 Å². The van der Waals surface area contributed by atoms with Gasteiger partial charge in [-0.2, -0.15) is 0 Å². The van der Waals surface area contributed by atoms with E-state index in [-0.39, 0.29) is 25.9 Å². The third-order valence-corrected chi connectivity index (χ3v) is 13.1. The smallest absolute Gasteiger partial charge is 0.462 e. The van der Waals surface area contributed by atoms with Crippen LogP contribution in [0, 0.1) is 0 Å². The van der Waals surface area contributed by atoms with Crippen LogP contribution in [0.5, 0.6) is 0 Å². The number of aliphatic hydroxyl groups is 1. The number of rotatable bonds is 54. The summed E-state index contributed by atoms with van der Waals surface area (Å²) in [7, 11) is -4.77. The van der Waals surface area contributed by atoms with Crippen LogP contribution in [0.25, 0.3) is 0 Å². The van der Waals surface area contributed by atoms with Gasteiger partial charge in [-0.15, -0.1) is 0 Å². The van der Waals surface area contributed by atoms with Gasteiger partial charge < -0.3 is 24.2 Å². The highest BCUT2D eigenvalue weighted by Gasteiger charge is 2.28. The average molecular weight is 1080 g/mol. The quantitative estimate of drug-likeness (QED) is 0.0197. The lowest BCUT2D eigenvalue weighted by atomic mass is 10.1. The highest BCUT2D eigenvalue weighted by molar-refractivity contribution is 7.47. The van der Waals surface area contributed by atoms with Crippen LogP contribution in [0.1, 0.15) is 239 Å². The second-order valence-electron chi connectivity index (χ2n) is 19.4. The van der Waals surface area contributed by atoms with Crippen LogP contribution in [0.2, 0.25) is 0 Å². The third-order valence-electron chi connectivity index (χ3n) is 12.1. The first kappa shape index (κ1) is 72.1. The fourth-order valence-electron chi connectivity index (χ4n) is 7.62. The van der Waals surface area contributed by atoms with Gasteiger partial charge in [0.1, 0.15) is 12.7 Å². The maximum atomic E-state index is 12.9. The molecule has 0 aromatic carbocycles. The van der Waals surface area contributed by atoms with Crippen molar-refractivity contribution in [2.45, 2.75) is 251 Å². The minimum atomic E-state index is -4.77. The molecule has 11 nitrogen and oxygen atoms in total. The van der Waals surface area contributed by atoms with Gasteiger partial charge in [0.05, 0.1) is 19.8 Å². The summed E-state index contributed by atoms with van der Waals surface area (Å²) in [5.41, 5.74) is 0. The average Bonchev–Trinajstić information content (AvgIpc) is 3.41. The summed E-state index contributed by atoms with van der Waals surface area (Å²) in [4.78, 5) is 48.6. The Balaban J connectivity index is 4.83. The summed E-state index contributed by atoms with van der Waals surface area (Å²) in [5.74, 6) is -1.54. The van der Waals surface area contributed by atoms with Crippen molar-refractivity contribution in [1.82, 2.24) is 0 Å². The van der Waals surface area contributed by atoms with E-state index in [1.54, 1.807) is 0 Å². The Kier molecular flexibility index (Phi) is 54.4. The largest absolute Gasteiger partial charge is 0.472 e. The Morgan fingerprint density at radius 2 is 0.684 bits per heavy atom. The first-order chi connectivity index (χ1) is 37.2. The van der Waals surface area contributed by atoms with Gasteiger partial charge in [-0.3, -0.25) is 23.4 Å². The predicted octanol–water partition coefficient (Wildman–Crippen LogP) is 17.8. The van der Waals surface area contributed by atoms with Crippen molar-refractivity contribution in [2.24, 2.45) is 0 Å². The molecule has 0 radical (unpaired) electrons. The number of hydrogen-bond donors (Lipinski definition) is 2. The number of carbonyl (C=O) groups excluding carboxylic acids is 3. The van der Waals surface area contributed by atoms with Crippen LogP contribution in [-0.4, -0.2) is 66.5 Å². The normalized spacial score (nSPS) is 14.1. The maximum absolute atomic E-state index is 12.9. The molecular weight excluding hydrogens is 976 g/mol. The van der Waals surface area contributed by atoms with Crippen molar-refractivity contribution in [3.63, 3.8) is 0 Å². The second-order valence-corrected chi connectivity index (χ2v) is 20.9. The van der Waals surface area contributed by atoms with E-state index in [4.69, 9.17) is 23.3 Å². The van der Waals surface area contributed by atoms with E-state index in [0.29, 0.717) is 19.3 Å². The molecule has 0 aliphatic carbocycles. The summed E-state index contributed by atoms with van der Waals surface area (Å²) in [5, 5.41) is 9.82. The molecule has 0 amide bonds. The van der Waals surface area contributed by atoms with Crippen molar-refractivity contribution in [3.05, 3.63) is 109 Å². The molecule has 0 spiro atoms. The molecule has 0 bridgehead atoms. The lowest BCUT2D eigenvalue weighted by molar-refractivity contribution is -0.161. The van der Waals surface area contributed by atoms with Crippen molar-refractivity contribution in [2.75, 3.05) is 26.4 Å². The standard InChI is InChI=1S/C64H107O11P/c1-4-7-10-13-16-19-22-25-28-29-30-31-34-37-40-43-46-49-52-55-64(68)75-61(57-71-62(66)53-50-47-44-41-38-35-32-26-23-20-17-14-11-8-5-2)59-73-76(69,70)72-58-60(56-65)74-63(67)54-51-48-45-42-39-36-33-27-24-21-18-15-12-9-6-3/h7,10,16-21,25-28,30-33,37,40,60-61,65H,4-6,8-9,11-15,22-24,29,34-36,38-39,41-59H2,1-3H3,(H,69,70)/b10-7-,19-16-,20-17-,21-18-,28-25-,31-30-,32-26-,33-27-,40-37-. The Labute approximate surface area is 463 Å². The topological polar surface area (TPSA) is 155 Å². The zero-order valence-corrected chi connectivity index (χ0v) is 48.8. The fraction of sp³-hybridized carbons (Fsp3) is 0.672. The lowest BCUT2D eigenvalue weighted by Crippen LogP contribution is -2.30. The number of carbonyl (C=O) groups is 3. The van der Waals surface area contributed by atoms with Gasteiger partial charge in [0, 0.05) is 19.3 Å². The summed E-state index contributed by atoms with van der Waals surface area (Å²) >= 11 is 0. The van der Waals surface area contributed by atoms with E-state index < -0.39 is 57.8 Å². The van der Waals surface area contributed by atoms with Crippen molar-refractivity contribution >= 4 is 25.7 Å². The number of allylic oxidation sites excluding steroid dienone is 18. The maximum Gasteiger partial charge on any atom is 0.472 e. The molecule has 12 heteroatoms. The van der Waals surface area contributed by atoms with Gasteiger partial charge >= 0.3 is 25.7 Å². The number of hydrogen-bond acceptors (Lipinski definition) is 10. The van der Waals surface area contributed by atoms with E-state index in [0.717, 1.165) is 141 Å². The van der Waals surface area contributed by atoms with Gasteiger partial charge in [-0.25, -0.2) is 4.57 Å². The molecule has 3 unspecified atom stereocenters. The highest BCUT2D eigenvalue weighted by Crippen LogP contribution is 2.43. The predicted molar refractivity (Wildman–Crippen MR) is 316 cm³/mol. The SMILES string of the molecule is CC/C=C\C/C=C\C/C=C\C/C=C\C/C=C\CCCCCC(=O)OC(COC(=O)CCCCCCC/C=C\C/C=C\CCCCC)COP(=O)(O)OCC(CO)OC(=O)CCCCCCC/C=C\C/C=C\CCCCC. The Hall–Kier alpha value is -3.86. The van der Waals surface area contributed by atoms with Crippen LogP contribution in [-0.2, 0) is 42.2 Å². The number of unbranched alkanes of at least 4 members (excludes halogenated alkanes) is 19. The Morgan fingerprint density at radius 1 is 0.382 bits per heavy atom. The molecule has 0 heterocycles. The zero-order valence-electron chi connectivity index (χ0n) is 47.9. The third kappa shape index (κ3) is 54.9. The van der Waals surface area contributed by atoms with Gasteiger partial charge in [0.25, 0.3) is 0 Å². The minimum Gasteiger partial charge on any atom is -0.462 e. The summed E-state index contributed by atoms with van der Waals surface area (Å²) < 4.78 is 39.5. The van der Waals surface area contributed by atoms with Gasteiger partial charge in [-0.05, 0) is 128 Å². The van der Waals surface area contributed by atoms with E-state index in [9.17, 15) is 28.9 Å². The minimum absolute atomic E-state index is 0.119. The van der Waals surface area contributed by atoms with Gasteiger partial charge in [0.15, 0.2) is 6.10 Å². The molecule has 0 saturated heterocycles. The molecular formula is C64H107O11P. The van der Waals surface area contributed by atoms with E-state index in [1.807, 2.05) is 0 Å². The molecule has 2 N–H and O–H groups in total. The molecule has 0 saturated carbocycles. The van der Waals surface area contributed by atoms with Gasteiger partial charge in [0.2, 0.25) is 0 Å². The van der Waals surface area contributed by atoms with Crippen LogP contribution >= 0.6 is 7.82 Å². The number of esters is 3. The monoisotopic (exact) mass is 1080 g/mol. The van der Waals surface area contributed by atoms with Crippen molar-refractivity contribution in [1.29, 1.82) is 0 Å². The zero-order chi connectivity index (χ0) is 55.5. The van der Waals surface area contributed by atoms with E-state index in [1.165, 1.54) is 38.5 Å². The summed E-state index contributed by atoms with van der Waals surface area (Å²) in [6.07, 6.45) is 68.9. The van der Waals surface area contributed by atoms with Crippen LogP contribution in [0.3, 0.4) is 0 Å². The molecule has 76 heavy (non-hydrogen) atoms. The first-order valence-corrected chi connectivity index (χ1v) is 31.3. The number of phosphoric ester groups is 1. The molecule has 0 fully saturated rings. The molecule has 0 aromatic heterocycles. The number of aliphatic hydroxyl groups excluding tert-OH is 1. The molecule has 3 atom stereocenters. The van der Waals surface area contributed by atoms with Crippen LogP contribution in [0.15, 0.2) is 109 Å². The first-order valence-electron chi connectivity index (χ1n) is 29.8. The molecule has 434 valence electrons.